The molecule has 1 rings (SSSR count). The number of carboxylic acids is 1. The van der Waals surface area contributed by atoms with E-state index in [0.717, 1.165) is 0 Å². The quantitative estimate of drug-likeness (QED) is 0.845. The van der Waals surface area contributed by atoms with Gasteiger partial charge in [0.05, 0.1) is 24.2 Å². The van der Waals surface area contributed by atoms with Crippen LogP contribution in [0.4, 0.5) is 0 Å². The summed E-state index contributed by atoms with van der Waals surface area (Å²) in [4.78, 5) is 10.9. The van der Waals surface area contributed by atoms with E-state index in [1.54, 1.807) is 19.9 Å². The Bertz CT molecular complexity index is 458. The molecular weight excluding hydrogens is 206 g/mol. The largest absolute Gasteiger partial charge is 0.497 e. The summed E-state index contributed by atoms with van der Waals surface area (Å²) in [7, 11) is 1.46. The highest BCUT2D eigenvalue weighted by atomic mass is 16.5. The zero-order chi connectivity index (χ0) is 12.3. The molecule has 0 aliphatic carbocycles. The monoisotopic (exact) mass is 219 g/mol. The molecule has 0 atom stereocenters. The Morgan fingerprint density at radius 3 is 2.50 bits per heavy atom. The van der Waals surface area contributed by atoms with Crippen molar-refractivity contribution in [3.05, 3.63) is 29.3 Å². The third kappa shape index (κ3) is 2.31. The van der Waals surface area contributed by atoms with Gasteiger partial charge in [0.1, 0.15) is 5.75 Å². The van der Waals surface area contributed by atoms with Crippen molar-refractivity contribution in [2.24, 2.45) is 0 Å². The van der Waals surface area contributed by atoms with Crippen LogP contribution in [0.15, 0.2) is 18.2 Å². The van der Waals surface area contributed by atoms with Gasteiger partial charge in [0.2, 0.25) is 0 Å². The molecule has 4 nitrogen and oxygen atoms in total. The smallest absolute Gasteiger partial charge is 0.335 e. The highest BCUT2D eigenvalue weighted by Crippen LogP contribution is 2.27. The van der Waals surface area contributed by atoms with Gasteiger partial charge in [-0.2, -0.15) is 5.26 Å². The predicted molar refractivity (Wildman–Crippen MR) is 58.6 cm³/mol. The molecule has 0 aliphatic heterocycles. The first-order valence-corrected chi connectivity index (χ1v) is 4.75. The van der Waals surface area contributed by atoms with Gasteiger partial charge < -0.3 is 9.84 Å². The van der Waals surface area contributed by atoms with Crippen LogP contribution in [0.3, 0.4) is 0 Å². The maximum atomic E-state index is 10.9. The second kappa shape index (κ2) is 4.23. The molecule has 0 unspecified atom stereocenters. The number of hydrogen-bond acceptors (Lipinski definition) is 3. The lowest BCUT2D eigenvalue weighted by Gasteiger charge is -2.17. The molecule has 1 N–H and O–H groups in total. The summed E-state index contributed by atoms with van der Waals surface area (Å²) < 4.78 is 5.01. The Morgan fingerprint density at radius 2 is 2.06 bits per heavy atom. The zero-order valence-corrected chi connectivity index (χ0v) is 9.44. The van der Waals surface area contributed by atoms with E-state index in [-0.39, 0.29) is 5.56 Å². The van der Waals surface area contributed by atoms with Crippen molar-refractivity contribution in [3.8, 4) is 11.8 Å². The van der Waals surface area contributed by atoms with Gasteiger partial charge in [-0.25, -0.2) is 4.79 Å². The Balaban J connectivity index is 3.37. The van der Waals surface area contributed by atoms with Gasteiger partial charge in [0.15, 0.2) is 0 Å². The van der Waals surface area contributed by atoms with Gasteiger partial charge in [-0.15, -0.1) is 0 Å². The molecule has 84 valence electrons. The van der Waals surface area contributed by atoms with Crippen LogP contribution in [0.2, 0.25) is 0 Å². The van der Waals surface area contributed by atoms with Crippen LogP contribution < -0.4 is 4.74 Å². The van der Waals surface area contributed by atoms with E-state index in [1.807, 2.05) is 0 Å². The first-order valence-electron chi connectivity index (χ1n) is 4.75. The van der Waals surface area contributed by atoms with Crippen molar-refractivity contribution in [1.29, 1.82) is 5.26 Å². The average molecular weight is 219 g/mol. The summed E-state index contributed by atoms with van der Waals surface area (Å²) in [6.45, 7) is 3.46. The number of nitriles is 1. The van der Waals surface area contributed by atoms with Crippen molar-refractivity contribution in [3.63, 3.8) is 0 Å². The van der Waals surface area contributed by atoms with Crippen LogP contribution >= 0.6 is 0 Å². The number of benzene rings is 1. The fourth-order valence-electron chi connectivity index (χ4n) is 1.27. The third-order valence-corrected chi connectivity index (χ3v) is 2.39. The number of carboxylic acid groups (broad SMARTS) is 1. The van der Waals surface area contributed by atoms with Crippen molar-refractivity contribution < 1.29 is 14.6 Å². The van der Waals surface area contributed by atoms with Gasteiger partial charge in [-0.1, -0.05) is 0 Å². The summed E-state index contributed by atoms with van der Waals surface area (Å²) in [6.07, 6.45) is 0. The molecule has 0 fully saturated rings. The minimum atomic E-state index is -1.03. The van der Waals surface area contributed by atoms with Gasteiger partial charge >= 0.3 is 5.97 Å². The van der Waals surface area contributed by atoms with Crippen molar-refractivity contribution in [2.75, 3.05) is 7.11 Å². The minimum Gasteiger partial charge on any atom is -0.497 e. The lowest BCUT2D eigenvalue weighted by atomic mass is 9.85. The predicted octanol–water partition coefficient (Wildman–Crippen LogP) is 2.19. The van der Waals surface area contributed by atoms with Crippen LogP contribution in [0.25, 0.3) is 0 Å². The second-order valence-corrected chi connectivity index (χ2v) is 3.99. The van der Waals surface area contributed by atoms with Gasteiger partial charge in [0.25, 0.3) is 0 Å². The zero-order valence-electron chi connectivity index (χ0n) is 9.44. The maximum Gasteiger partial charge on any atom is 0.335 e. The number of methoxy groups -OCH3 is 1. The molecule has 16 heavy (non-hydrogen) atoms. The average Bonchev–Trinajstić information content (AvgIpc) is 2.28. The molecule has 1 aromatic carbocycles. The summed E-state index contributed by atoms with van der Waals surface area (Å²) >= 11 is 0. The molecule has 1 aromatic rings. The molecule has 0 heterocycles. The summed E-state index contributed by atoms with van der Waals surface area (Å²) in [5.41, 5.74) is 0.0167. The van der Waals surface area contributed by atoms with Crippen LogP contribution in [-0.4, -0.2) is 18.2 Å². The molecule has 0 saturated carbocycles. The van der Waals surface area contributed by atoms with Crippen LogP contribution in [0.5, 0.6) is 5.75 Å². The molecule has 4 heteroatoms. The van der Waals surface area contributed by atoms with E-state index in [4.69, 9.17) is 15.1 Å². The van der Waals surface area contributed by atoms with E-state index in [1.165, 1.54) is 19.2 Å². The summed E-state index contributed by atoms with van der Waals surface area (Å²) in [5.74, 6) is -0.591. The number of hydrogen-bond donors (Lipinski definition) is 1. The fourth-order valence-corrected chi connectivity index (χ4v) is 1.27. The van der Waals surface area contributed by atoms with Crippen molar-refractivity contribution in [1.82, 2.24) is 0 Å². The van der Waals surface area contributed by atoms with Gasteiger partial charge in [0, 0.05) is 0 Å². The van der Waals surface area contributed by atoms with E-state index in [9.17, 15) is 4.79 Å². The SMILES string of the molecule is COc1cc(C(=O)O)cc(C(C)(C)C#N)c1. The fraction of sp³-hybridized carbons (Fsp3) is 0.333. The summed E-state index contributed by atoms with van der Waals surface area (Å²) in [6, 6.07) is 6.73. The van der Waals surface area contributed by atoms with E-state index >= 15 is 0 Å². The van der Waals surface area contributed by atoms with E-state index < -0.39 is 11.4 Å². The van der Waals surface area contributed by atoms with Crippen LogP contribution in [0, 0.1) is 11.3 Å². The highest BCUT2D eigenvalue weighted by molar-refractivity contribution is 5.88. The minimum absolute atomic E-state index is 0.123. The third-order valence-electron chi connectivity index (χ3n) is 2.39. The van der Waals surface area contributed by atoms with E-state index in [0.29, 0.717) is 11.3 Å². The van der Waals surface area contributed by atoms with Gasteiger partial charge in [-0.3, -0.25) is 0 Å². The molecule has 0 bridgehead atoms. The second-order valence-electron chi connectivity index (χ2n) is 3.99. The summed E-state index contributed by atoms with van der Waals surface area (Å²) in [5, 5.41) is 17.9. The highest BCUT2D eigenvalue weighted by Gasteiger charge is 2.22. The maximum absolute atomic E-state index is 10.9. The number of nitrogens with zero attached hydrogens (tertiary/aromatic N) is 1. The Hall–Kier alpha value is -2.02. The molecule has 0 spiro atoms. The number of ether oxygens (including phenoxy) is 1. The van der Waals surface area contributed by atoms with E-state index in [2.05, 4.69) is 6.07 Å². The normalized spacial score (nSPS) is 10.6. The first-order chi connectivity index (χ1) is 7.40. The number of aromatic carboxylic acids is 1. The number of rotatable bonds is 3. The Labute approximate surface area is 94.1 Å². The molecule has 0 radical (unpaired) electrons. The van der Waals surface area contributed by atoms with Crippen molar-refractivity contribution >= 4 is 5.97 Å². The topological polar surface area (TPSA) is 70.3 Å². The molecule has 0 aromatic heterocycles. The standard InChI is InChI=1S/C12H13NO3/c1-12(2,7-13)9-4-8(11(14)15)5-10(6-9)16-3/h4-6H,1-3H3,(H,14,15). The molecule has 0 saturated heterocycles. The van der Waals surface area contributed by atoms with Crippen LogP contribution in [-0.2, 0) is 5.41 Å². The number of carbonyl (C=O) groups is 1. The first kappa shape index (κ1) is 12.1. The molecular formula is C12H13NO3. The Morgan fingerprint density at radius 1 is 1.44 bits per heavy atom. The molecule has 0 amide bonds. The lowest BCUT2D eigenvalue weighted by molar-refractivity contribution is 0.0696. The van der Waals surface area contributed by atoms with Crippen molar-refractivity contribution in [2.45, 2.75) is 19.3 Å². The van der Waals surface area contributed by atoms with Gasteiger partial charge in [-0.05, 0) is 37.6 Å². The Kier molecular flexibility index (Phi) is 3.19. The molecule has 0 aliphatic rings. The lowest BCUT2D eigenvalue weighted by Crippen LogP contribution is -2.15. The van der Waals surface area contributed by atoms with Crippen LogP contribution in [0.1, 0.15) is 29.8 Å².